The fraction of sp³-hybridized carbons (Fsp3) is 0.214. The molecule has 1 atom stereocenters. The lowest BCUT2D eigenvalue weighted by atomic mass is 10.3. The lowest BCUT2D eigenvalue weighted by Gasteiger charge is -1.94. The maximum Gasteiger partial charge on any atom is 0.182 e. The van der Waals surface area contributed by atoms with Crippen LogP contribution in [0.4, 0.5) is 5.69 Å². The summed E-state index contributed by atoms with van der Waals surface area (Å²) >= 11 is 3.19. The standard InChI is InChI=1S/C14H14N2OS3/c1-2-10-4-5-11(18-10)8-20(17)14-16-12-6-3-9(15)7-13(12)19-14/h3-7H,2,8,15H2,1H3. The van der Waals surface area contributed by atoms with Crippen LogP contribution in [0.25, 0.3) is 10.2 Å². The minimum absolute atomic E-state index is 0.542. The third-order valence-corrected chi connectivity index (χ3v) is 7.01. The predicted octanol–water partition coefficient (Wildman–Crippen LogP) is 3.81. The summed E-state index contributed by atoms with van der Waals surface area (Å²) in [5.74, 6) is 0.542. The number of thiazole rings is 1. The summed E-state index contributed by atoms with van der Waals surface area (Å²) in [6.45, 7) is 2.13. The van der Waals surface area contributed by atoms with Gasteiger partial charge in [-0.25, -0.2) is 4.98 Å². The monoisotopic (exact) mass is 322 g/mol. The molecule has 20 heavy (non-hydrogen) atoms. The summed E-state index contributed by atoms with van der Waals surface area (Å²) in [5.41, 5.74) is 7.34. The van der Waals surface area contributed by atoms with Crippen molar-refractivity contribution in [1.82, 2.24) is 4.98 Å². The summed E-state index contributed by atoms with van der Waals surface area (Å²) in [5, 5.41) is 0. The molecule has 0 amide bonds. The van der Waals surface area contributed by atoms with Gasteiger partial charge in [-0.2, -0.15) is 0 Å². The van der Waals surface area contributed by atoms with Gasteiger partial charge in [-0.3, -0.25) is 4.21 Å². The summed E-state index contributed by atoms with van der Waals surface area (Å²) < 4.78 is 14.1. The summed E-state index contributed by atoms with van der Waals surface area (Å²) in [4.78, 5) is 6.92. The van der Waals surface area contributed by atoms with E-state index in [0.29, 0.717) is 15.8 Å². The van der Waals surface area contributed by atoms with Gasteiger partial charge < -0.3 is 5.73 Å². The molecule has 0 aliphatic heterocycles. The van der Waals surface area contributed by atoms with Gasteiger partial charge in [0, 0.05) is 15.4 Å². The second-order valence-electron chi connectivity index (χ2n) is 4.42. The molecule has 1 unspecified atom stereocenters. The molecule has 3 nitrogen and oxygen atoms in total. The van der Waals surface area contributed by atoms with Crippen LogP contribution >= 0.6 is 22.7 Å². The number of rotatable bonds is 4. The quantitative estimate of drug-likeness (QED) is 0.743. The van der Waals surface area contributed by atoms with Gasteiger partial charge >= 0.3 is 0 Å². The smallest absolute Gasteiger partial charge is 0.182 e. The van der Waals surface area contributed by atoms with Crippen molar-refractivity contribution in [3.8, 4) is 0 Å². The molecule has 0 fully saturated rings. The van der Waals surface area contributed by atoms with E-state index in [1.807, 2.05) is 18.2 Å². The Bertz CT molecular complexity index is 776. The number of hydrogen-bond acceptors (Lipinski definition) is 5. The number of nitrogens with two attached hydrogens (primary N) is 1. The first-order valence-electron chi connectivity index (χ1n) is 6.27. The number of fused-ring (bicyclic) bond motifs is 1. The van der Waals surface area contributed by atoms with Crippen molar-refractivity contribution in [2.75, 3.05) is 5.73 Å². The first-order valence-corrected chi connectivity index (χ1v) is 9.23. The van der Waals surface area contributed by atoms with Crippen molar-refractivity contribution in [2.45, 2.75) is 23.4 Å². The van der Waals surface area contributed by atoms with E-state index in [1.165, 1.54) is 16.2 Å². The summed E-state index contributed by atoms with van der Waals surface area (Å²) in [6, 6.07) is 9.75. The average molecular weight is 322 g/mol. The summed E-state index contributed by atoms with van der Waals surface area (Å²) in [6.07, 6.45) is 1.03. The molecule has 6 heteroatoms. The van der Waals surface area contributed by atoms with Crippen LogP contribution in [0.2, 0.25) is 0 Å². The van der Waals surface area contributed by atoms with Gasteiger partial charge in [0.15, 0.2) is 4.34 Å². The van der Waals surface area contributed by atoms with Crippen LogP contribution in [0.3, 0.4) is 0 Å². The Hall–Kier alpha value is -1.24. The minimum Gasteiger partial charge on any atom is -0.399 e. The van der Waals surface area contributed by atoms with E-state index in [-0.39, 0.29) is 0 Å². The minimum atomic E-state index is -1.09. The maximum absolute atomic E-state index is 12.4. The van der Waals surface area contributed by atoms with E-state index in [0.717, 1.165) is 21.5 Å². The number of aryl methyl sites for hydroxylation is 1. The van der Waals surface area contributed by atoms with Gasteiger partial charge in [-0.1, -0.05) is 6.92 Å². The molecule has 1 aromatic carbocycles. The normalized spacial score (nSPS) is 12.8. The maximum atomic E-state index is 12.4. The second kappa shape index (κ2) is 5.63. The zero-order valence-corrected chi connectivity index (χ0v) is 13.4. The van der Waals surface area contributed by atoms with E-state index in [4.69, 9.17) is 5.73 Å². The van der Waals surface area contributed by atoms with Crippen molar-refractivity contribution in [3.63, 3.8) is 0 Å². The van der Waals surface area contributed by atoms with Crippen molar-refractivity contribution >= 4 is 49.4 Å². The molecular formula is C14H14N2OS3. The number of thiophene rings is 1. The molecule has 3 aromatic rings. The van der Waals surface area contributed by atoms with Crippen LogP contribution in [0, 0.1) is 0 Å². The Balaban J connectivity index is 1.84. The predicted molar refractivity (Wildman–Crippen MR) is 87.8 cm³/mol. The molecule has 0 aliphatic carbocycles. The number of aromatic nitrogens is 1. The number of hydrogen-bond donors (Lipinski definition) is 1. The van der Waals surface area contributed by atoms with Crippen LogP contribution in [0.15, 0.2) is 34.7 Å². The molecule has 0 saturated carbocycles. The van der Waals surface area contributed by atoms with E-state index in [2.05, 4.69) is 24.0 Å². The van der Waals surface area contributed by atoms with E-state index >= 15 is 0 Å². The average Bonchev–Trinajstić information content (AvgIpc) is 3.04. The van der Waals surface area contributed by atoms with Crippen LogP contribution in [0.1, 0.15) is 16.7 Å². The Morgan fingerprint density at radius 1 is 1.20 bits per heavy atom. The van der Waals surface area contributed by atoms with Gasteiger partial charge in [0.05, 0.1) is 26.8 Å². The third-order valence-electron chi connectivity index (χ3n) is 2.93. The van der Waals surface area contributed by atoms with Gasteiger partial charge in [-0.15, -0.1) is 22.7 Å². The van der Waals surface area contributed by atoms with Crippen LogP contribution in [-0.4, -0.2) is 9.19 Å². The fourth-order valence-electron chi connectivity index (χ4n) is 1.90. The number of nitrogens with zero attached hydrogens (tertiary/aromatic N) is 1. The molecule has 104 valence electrons. The molecule has 0 aliphatic rings. The largest absolute Gasteiger partial charge is 0.399 e. The van der Waals surface area contributed by atoms with Crippen molar-refractivity contribution in [1.29, 1.82) is 0 Å². The highest BCUT2D eigenvalue weighted by Gasteiger charge is 2.12. The molecule has 2 N–H and O–H groups in total. The van der Waals surface area contributed by atoms with Crippen molar-refractivity contribution in [2.24, 2.45) is 0 Å². The Kier molecular flexibility index (Phi) is 3.87. The molecule has 2 heterocycles. The molecule has 0 spiro atoms. The first kappa shape index (κ1) is 13.7. The van der Waals surface area contributed by atoms with Gasteiger partial charge in [0.25, 0.3) is 0 Å². The fourth-order valence-corrected chi connectivity index (χ4v) is 5.45. The van der Waals surface area contributed by atoms with Gasteiger partial charge in [-0.05, 0) is 36.8 Å². The zero-order chi connectivity index (χ0) is 14.1. The third kappa shape index (κ3) is 2.77. The Morgan fingerprint density at radius 3 is 2.75 bits per heavy atom. The SMILES string of the molecule is CCc1ccc(CS(=O)c2nc3ccc(N)cc3s2)s1. The number of anilines is 1. The van der Waals surface area contributed by atoms with Crippen molar-refractivity contribution in [3.05, 3.63) is 40.1 Å². The van der Waals surface area contributed by atoms with E-state index < -0.39 is 10.8 Å². The van der Waals surface area contributed by atoms with Crippen LogP contribution in [0.5, 0.6) is 0 Å². The van der Waals surface area contributed by atoms with E-state index in [1.54, 1.807) is 11.3 Å². The Labute approximate surface area is 127 Å². The topological polar surface area (TPSA) is 56.0 Å². The first-order chi connectivity index (χ1) is 9.65. The van der Waals surface area contributed by atoms with E-state index in [9.17, 15) is 4.21 Å². The molecule has 2 aromatic heterocycles. The molecular weight excluding hydrogens is 308 g/mol. The van der Waals surface area contributed by atoms with Gasteiger partial charge in [0.1, 0.15) is 0 Å². The molecule has 3 rings (SSSR count). The highest BCUT2D eigenvalue weighted by molar-refractivity contribution is 7.86. The zero-order valence-electron chi connectivity index (χ0n) is 11.0. The molecule has 0 saturated heterocycles. The second-order valence-corrected chi connectivity index (χ2v) is 8.33. The highest BCUT2D eigenvalue weighted by atomic mass is 32.2. The summed E-state index contributed by atoms with van der Waals surface area (Å²) in [7, 11) is -1.09. The van der Waals surface area contributed by atoms with Crippen molar-refractivity contribution < 1.29 is 4.21 Å². The Morgan fingerprint density at radius 2 is 2.00 bits per heavy atom. The lowest BCUT2D eigenvalue weighted by Crippen LogP contribution is -1.93. The van der Waals surface area contributed by atoms with Crippen LogP contribution in [-0.2, 0) is 23.0 Å². The molecule has 0 bridgehead atoms. The van der Waals surface area contributed by atoms with Crippen LogP contribution < -0.4 is 5.73 Å². The number of benzene rings is 1. The number of nitrogen functional groups attached to an aromatic ring is 1. The van der Waals surface area contributed by atoms with Gasteiger partial charge in [0.2, 0.25) is 0 Å². The lowest BCUT2D eigenvalue weighted by molar-refractivity contribution is 0.682. The highest BCUT2D eigenvalue weighted by Crippen LogP contribution is 2.28. The molecule has 0 radical (unpaired) electrons.